The number of rotatable bonds is 1. The molecule has 4 heterocycles. The van der Waals surface area contributed by atoms with E-state index < -0.39 is 22.3 Å². The van der Waals surface area contributed by atoms with Crippen LogP contribution in [-0.4, -0.2) is 43.1 Å². The topological polar surface area (TPSA) is 69.9 Å². The number of anilines is 2. The lowest BCUT2D eigenvalue weighted by atomic mass is 9.77. The normalized spacial score (nSPS) is 20.4. The number of nitrogens with zero attached hydrogens (tertiary/aromatic N) is 4. The number of aliphatic hydroxyl groups is 1. The zero-order chi connectivity index (χ0) is 42.6. The lowest BCUT2D eigenvalue weighted by Crippen LogP contribution is -2.61. The Morgan fingerprint density at radius 2 is 0.952 bits per heavy atom. The van der Waals surface area contributed by atoms with Crippen molar-refractivity contribution in [3.63, 3.8) is 0 Å². The molecule has 0 bridgehead atoms. The van der Waals surface area contributed by atoms with Crippen molar-refractivity contribution < 1.29 is 14.6 Å². The molecule has 0 aromatic heterocycles. The van der Waals surface area contributed by atoms with Gasteiger partial charge >= 0.3 is 0 Å². The number of aliphatic imine (C=N–C) groups is 2. The Bertz CT molecular complexity index is 3050. The van der Waals surface area contributed by atoms with Crippen LogP contribution < -0.4 is 19.3 Å². The molecule has 2 spiro atoms. The monoisotopic (exact) mass is 808 g/mol. The lowest BCUT2D eigenvalue weighted by molar-refractivity contribution is 0.0826. The highest BCUT2D eigenvalue weighted by molar-refractivity contribution is 6.01. The Morgan fingerprint density at radius 3 is 1.40 bits per heavy atom. The van der Waals surface area contributed by atoms with Crippen LogP contribution in [0, 0.1) is 23.7 Å². The van der Waals surface area contributed by atoms with E-state index in [2.05, 4.69) is 148 Å². The molecule has 302 valence electrons. The highest BCUT2D eigenvalue weighted by atomic mass is 16.5. The molecule has 0 amide bonds. The first-order valence-electron chi connectivity index (χ1n) is 21.0. The van der Waals surface area contributed by atoms with Crippen molar-refractivity contribution in [2.75, 3.05) is 23.9 Å². The van der Waals surface area contributed by atoms with Crippen LogP contribution >= 0.6 is 0 Å². The van der Waals surface area contributed by atoms with Crippen LogP contribution in [0.15, 0.2) is 137 Å². The maximum atomic E-state index is 10.3. The predicted molar refractivity (Wildman–Crippen MR) is 251 cm³/mol. The quantitative estimate of drug-likeness (QED) is 0.167. The smallest absolute Gasteiger partial charge is 0.228 e. The average molecular weight is 809 g/mol. The van der Waals surface area contributed by atoms with Gasteiger partial charge in [-0.2, -0.15) is 0 Å². The van der Waals surface area contributed by atoms with Gasteiger partial charge in [0, 0.05) is 58.5 Å². The molecule has 7 heteroatoms. The molecule has 11 rings (SSSR count). The van der Waals surface area contributed by atoms with Gasteiger partial charge in [-0.25, -0.2) is 0 Å². The third kappa shape index (κ3) is 5.32. The Labute approximate surface area is 362 Å². The number of likely N-dealkylation sites (N-methyl/N-ethyl adjacent to an activating group) is 2. The van der Waals surface area contributed by atoms with Crippen molar-refractivity contribution in [2.45, 2.75) is 56.6 Å². The van der Waals surface area contributed by atoms with E-state index in [1.807, 2.05) is 67.0 Å². The van der Waals surface area contributed by atoms with E-state index in [1.165, 1.54) is 0 Å². The highest BCUT2D eigenvalue weighted by Crippen LogP contribution is 2.56. The minimum absolute atomic E-state index is 0.117. The lowest BCUT2D eigenvalue weighted by Gasteiger charge is -2.45. The number of aliphatic hydroxyl groups excluding tert-OH is 1. The van der Waals surface area contributed by atoms with Gasteiger partial charge in [0.25, 0.3) is 0 Å². The van der Waals surface area contributed by atoms with Gasteiger partial charge in [0.15, 0.2) is 0 Å². The Hall–Kier alpha value is -7.32. The number of ether oxygens (including phenoxy) is 2. The van der Waals surface area contributed by atoms with Gasteiger partial charge in [0.2, 0.25) is 11.4 Å². The van der Waals surface area contributed by atoms with Crippen LogP contribution in [-0.2, 0) is 17.4 Å². The molecule has 0 aliphatic carbocycles. The number of benzene rings is 7. The van der Waals surface area contributed by atoms with E-state index in [4.69, 9.17) is 19.5 Å². The minimum Gasteiger partial charge on any atom is -0.459 e. The fourth-order valence-corrected chi connectivity index (χ4v) is 10.1. The van der Waals surface area contributed by atoms with Crippen molar-refractivity contribution >= 4 is 56.7 Å². The molecule has 0 saturated carbocycles. The van der Waals surface area contributed by atoms with E-state index in [9.17, 15) is 5.11 Å². The van der Waals surface area contributed by atoms with E-state index in [0.717, 1.165) is 94.7 Å². The average Bonchev–Trinajstić information content (AvgIpc) is 3.55. The molecule has 2 unspecified atom stereocenters. The third-order valence-corrected chi connectivity index (χ3v) is 13.7. The second-order valence-electron chi connectivity index (χ2n) is 17.8. The molecule has 7 aromatic rings. The highest BCUT2D eigenvalue weighted by Gasteiger charge is 2.60. The molecule has 0 fully saturated rings. The van der Waals surface area contributed by atoms with Crippen LogP contribution in [0.3, 0.4) is 0 Å². The third-order valence-electron chi connectivity index (χ3n) is 13.7. The van der Waals surface area contributed by atoms with Crippen molar-refractivity contribution in [1.82, 2.24) is 0 Å². The number of fused-ring (bicyclic) bond motifs is 8. The first-order valence-corrected chi connectivity index (χ1v) is 21.0. The van der Waals surface area contributed by atoms with E-state index in [1.54, 1.807) is 0 Å². The first-order chi connectivity index (χ1) is 29.9. The summed E-state index contributed by atoms with van der Waals surface area (Å²) in [5.74, 6) is 15.1. The van der Waals surface area contributed by atoms with Gasteiger partial charge in [0.05, 0.1) is 29.9 Å². The second kappa shape index (κ2) is 13.3. The van der Waals surface area contributed by atoms with Gasteiger partial charge in [0.1, 0.15) is 22.9 Å². The van der Waals surface area contributed by atoms with Gasteiger partial charge in [-0.1, -0.05) is 84.3 Å². The molecule has 2 atom stereocenters. The summed E-state index contributed by atoms with van der Waals surface area (Å²) in [6.45, 7) is 8.71. The van der Waals surface area contributed by atoms with Crippen LogP contribution in [0.4, 0.5) is 22.7 Å². The molecule has 0 radical (unpaired) electrons. The summed E-state index contributed by atoms with van der Waals surface area (Å²) >= 11 is 0. The zero-order valence-electron chi connectivity index (χ0n) is 35.5. The molecule has 4 aliphatic heterocycles. The van der Waals surface area contributed by atoms with Gasteiger partial charge in [-0.15, -0.1) is 0 Å². The molecular weight excluding hydrogens is 765 g/mol. The molecule has 7 nitrogen and oxygen atoms in total. The van der Waals surface area contributed by atoms with E-state index in [-0.39, 0.29) is 6.61 Å². The Morgan fingerprint density at radius 1 is 0.516 bits per heavy atom. The fraction of sp³-hybridized carbons (Fsp3) is 0.200. The van der Waals surface area contributed by atoms with Gasteiger partial charge < -0.3 is 24.4 Å². The maximum absolute atomic E-state index is 10.3. The number of hydrogen-bond acceptors (Lipinski definition) is 7. The van der Waals surface area contributed by atoms with E-state index >= 15 is 0 Å². The molecule has 0 saturated heterocycles. The van der Waals surface area contributed by atoms with Crippen LogP contribution in [0.25, 0.3) is 21.5 Å². The van der Waals surface area contributed by atoms with Crippen molar-refractivity contribution in [2.24, 2.45) is 9.98 Å². The fourth-order valence-electron chi connectivity index (χ4n) is 10.1. The predicted octanol–water partition coefficient (Wildman–Crippen LogP) is 10.7. The van der Waals surface area contributed by atoms with Crippen LogP contribution in [0.2, 0.25) is 0 Å². The Kier molecular flexibility index (Phi) is 8.10. The maximum Gasteiger partial charge on any atom is 0.228 e. The zero-order valence-corrected chi connectivity index (χ0v) is 35.5. The molecular formula is C55H44N4O3. The van der Waals surface area contributed by atoms with Crippen LogP contribution in [0.1, 0.15) is 66.6 Å². The SMILES string of the molecule is CN1c2ccc(C#Cc3cc(C#Cc4ccc5c(c4)C(C)(C)C4(C=Nc6c(ccc7ccccc67)O4)N5C)cc(CO)c3)cc2C(C)(C)C12C=Nc1c(ccc3ccccc13)O2. The summed E-state index contributed by atoms with van der Waals surface area (Å²) in [6, 6.07) is 43.3. The first kappa shape index (κ1) is 37.7. The molecule has 7 aromatic carbocycles. The van der Waals surface area contributed by atoms with Crippen molar-refractivity contribution in [3.8, 4) is 35.2 Å². The van der Waals surface area contributed by atoms with E-state index in [0.29, 0.717) is 0 Å². The summed E-state index contributed by atoms with van der Waals surface area (Å²) in [6.07, 6.45) is 3.93. The molecule has 62 heavy (non-hydrogen) atoms. The van der Waals surface area contributed by atoms with Gasteiger partial charge in [-0.3, -0.25) is 9.98 Å². The minimum atomic E-state index is -0.814. The second-order valence-corrected chi connectivity index (χ2v) is 17.8. The number of hydrogen-bond donors (Lipinski definition) is 1. The summed E-state index contributed by atoms with van der Waals surface area (Å²) < 4.78 is 13.9. The largest absolute Gasteiger partial charge is 0.459 e. The molecule has 4 aliphatic rings. The summed E-state index contributed by atoms with van der Waals surface area (Å²) in [5.41, 5.74) is 7.67. The summed E-state index contributed by atoms with van der Waals surface area (Å²) in [7, 11) is 4.14. The van der Waals surface area contributed by atoms with Crippen molar-refractivity contribution in [3.05, 3.63) is 166 Å². The van der Waals surface area contributed by atoms with Crippen LogP contribution in [0.5, 0.6) is 11.5 Å². The Balaban J connectivity index is 0.867. The van der Waals surface area contributed by atoms with Gasteiger partial charge in [-0.05, 0) is 122 Å². The van der Waals surface area contributed by atoms with Crippen molar-refractivity contribution in [1.29, 1.82) is 0 Å². The molecule has 1 N–H and O–H groups in total. The summed E-state index contributed by atoms with van der Waals surface area (Å²) in [4.78, 5) is 14.5. The summed E-state index contributed by atoms with van der Waals surface area (Å²) in [5, 5.41) is 14.7. The standard InChI is InChI=1S/C55H44N4O3/c1-52(2)44-30-35(19-23-46(44)58(5)54(52)33-56-50-42-13-9-7-11-40(42)21-25-48(50)61-54)15-17-37-27-38(29-39(28-37)32-60)18-16-36-20-24-47-45(31-36)53(3,4)55(59(47)6)34-57-51-43-14-10-8-12-41(43)22-26-49(51)62-55/h7-14,19-31,33-34,60H,32H2,1-6H3.